The van der Waals surface area contributed by atoms with E-state index in [-0.39, 0.29) is 4.47 Å². The summed E-state index contributed by atoms with van der Waals surface area (Å²) in [6, 6.07) is 2.87. The third-order valence-electron chi connectivity index (χ3n) is 1.11. The van der Waals surface area contributed by atoms with Crippen LogP contribution in [0.4, 0.5) is 10.1 Å². The number of halogens is 3. The number of benzene rings is 1. The molecule has 0 bridgehead atoms. The van der Waals surface area contributed by atoms with Crippen molar-refractivity contribution >= 4 is 46.0 Å². The van der Waals surface area contributed by atoms with Crippen molar-refractivity contribution in [1.29, 1.82) is 0 Å². The lowest BCUT2D eigenvalue weighted by molar-refractivity contribution is 0.622. The first-order valence-corrected chi connectivity index (χ1v) is 4.31. The fourth-order valence-electron chi connectivity index (χ4n) is 0.620. The van der Waals surface area contributed by atoms with Crippen LogP contribution in [-0.2, 0) is 0 Å². The zero-order valence-corrected chi connectivity index (χ0v) is 8.47. The predicted octanol–water partition coefficient (Wildman–Crippen LogP) is 3.50. The van der Waals surface area contributed by atoms with E-state index in [9.17, 15) is 4.39 Å². The highest BCUT2D eigenvalue weighted by Gasteiger charge is 2.05. The van der Waals surface area contributed by atoms with Gasteiger partial charge in [0, 0.05) is 5.69 Å². The molecule has 0 amide bonds. The van der Waals surface area contributed by atoms with Gasteiger partial charge in [0.05, 0.1) is 9.50 Å². The van der Waals surface area contributed by atoms with E-state index in [1.54, 1.807) is 6.07 Å². The van der Waals surface area contributed by atoms with E-state index in [2.05, 4.69) is 33.5 Å². The van der Waals surface area contributed by atoms with Crippen LogP contribution in [0, 0.1) is 5.82 Å². The monoisotopic (exact) mass is 255 g/mol. The lowest BCUT2D eigenvalue weighted by Gasteiger charge is -2.01. The Balaban J connectivity index is 3.21. The standard InChI is InChI=1S/C6H4BrClFNS/c7-6-4(8)1-3(10-11)2-5(6)9/h1-2,10-11H. The van der Waals surface area contributed by atoms with Gasteiger partial charge in [0.15, 0.2) is 0 Å². The normalized spacial score (nSPS) is 9.82. The van der Waals surface area contributed by atoms with E-state index in [1.807, 2.05) is 0 Å². The number of hydrogen-bond acceptors (Lipinski definition) is 2. The van der Waals surface area contributed by atoms with Crippen molar-refractivity contribution in [2.24, 2.45) is 0 Å². The lowest BCUT2D eigenvalue weighted by Crippen LogP contribution is -1.84. The molecule has 5 heteroatoms. The molecule has 0 aromatic heterocycles. The summed E-state index contributed by atoms with van der Waals surface area (Å²) in [6.07, 6.45) is 0. The van der Waals surface area contributed by atoms with Gasteiger partial charge in [0.2, 0.25) is 0 Å². The van der Waals surface area contributed by atoms with E-state index in [1.165, 1.54) is 6.07 Å². The molecular formula is C6H4BrClFNS. The average Bonchev–Trinajstić information content (AvgIpc) is 1.99. The maximum atomic E-state index is 12.8. The number of anilines is 1. The second-order valence-corrected chi connectivity index (χ2v) is 3.29. The zero-order chi connectivity index (χ0) is 8.43. The minimum Gasteiger partial charge on any atom is -0.332 e. The highest BCUT2D eigenvalue weighted by atomic mass is 79.9. The van der Waals surface area contributed by atoms with Crippen molar-refractivity contribution < 1.29 is 4.39 Å². The Hall–Kier alpha value is 0.0700. The van der Waals surface area contributed by atoms with E-state index in [4.69, 9.17) is 11.6 Å². The predicted molar refractivity (Wildman–Crippen MR) is 51.7 cm³/mol. The van der Waals surface area contributed by atoms with Gasteiger partial charge in [-0.15, -0.1) is 0 Å². The highest BCUT2D eigenvalue weighted by molar-refractivity contribution is 9.10. The molecule has 0 heterocycles. The molecule has 11 heavy (non-hydrogen) atoms. The largest absolute Gasteiger partial charge is 0.332 e. The number of nitrogens with one attached hydrogen (secondary N) is 1. The number of thiol groups is 1. The molecule has 1 N–H and O–H groups in total. The maximum absolute atomic E-state index is 12.8. The summed E-state index contributed by atoms with van der Waals surface area (Å²) in [5.41, 5.74) is 0.527. The Kier molecular flexibility index (Phi) is 3.04. The van der Waals surface area contributed by atoms with Gasteiger partial charge < -0.3 is 4.72 Å². The summed E-state index contributed by atoms with van der Waals surface area (Å²) in [7, 11) is 0. The molecule has 0 atom stereocenters. The average molecular weight is 257 g/mol. The Morgan fingerprint density at radius 2 is 2.18 bits per heavy atom. The molecule has 0 saturated heterocycles. The van der Waals surface area contributed by atoms with Crippen molar-refractivity contribution in [3.05, 3.63) is 27.4 Å². The van der Waals surface area contributed by atoms with E-state index < -0.39 is 5.82 Å². The van der Waals surface area contributed by atoms with Crippen LogP contribution in [0.15, 0.2) is 16.6 Å². The number of hydrogen-bond donors (Lipinski definition) is 2. The topological polar surface area (TPSA) is 12.0 Å². The summed E-state index contributed by atoms with van der Waals surface area (Å²) in [6.45, 7) is 0. The summed E-state index contributed by atoms with van der Waals surface area (Å²) >= 11 is 12.4. The first-order chi connectivity index (χ1) is 5.15. The van der Waals surface area contributed by atoms with Gasteiger partial charge in [-0.1, -0.05) is 24.4 Å². The van der Waals surface area contributed by atoms with Crippen molar-refractivity contribution in [2.45, 2.75) is 0 Å². The van der Waals surface area contributed by atoms with Gasteiger partial charge in [-0.25, -0.2) is 4.39 Å². The summed E-state index contributed by atoms with van der Waals surface area (Å²) in [5.74, 6) is -0.408. The van der Waals surface area contributed by atoms with Crippen LogP contribution in [-0.4, -0.2) is 0 Å². The molecule has 1 nitrogen and oxygen atoms in total. The Labute approximate surface area is 82.6 Å². The van der Waals surface area contributed by atoms with Crippen LogP contribution in [0.25, 0.3) is 0 Å². The van der Waals surface area contributed by atoms with Crippen molar-refractivity contribution in [2.75, 3.05) is 4.72 Å². The molecular weight excluding hydrogens is 252 g/mol. The fraction of sp³-hybridized carbons (Fsp3) is 0. The fourth-order valence-corrected chi connectivity index (χ4v) is 1.19. The second-order valence-electron chi connectivity index (χ2n) is 1.87. The second kappa shape index (κ2) is 3.65. The quantitative estimate of drug-likeness (QED) is 0.579. The van der Waals surface area contributed by atoms with E-state index >= 15 is 0 Å². The smallest absolute Gasteiger partial charge is 0.140 e. The van der Waals surface area contributed by atoms with Gasteiger partial charge in [0.25, 0.3) is 0 Å². The van der Waals surface area contributed by atoms with Gasteiger partial charge >= 0.3 is 0 Å². The molecule has 0 aliphatic carbocycles. The summed E-state index contributed by atoms with van der Waals surface area (Å²) < 4.78 is 15.6. The summed E-state index contributed by atoms with van der Waals surface area (Å²) in [4.78, 5) is 0. The SMILES string of the molecule is Fc1cc(NS)cc(Cl)c1Br. The Bertz CT molecular complexity index is 258. The lowest BCUT2D eigenvalue weighted by atomic mass is 10.3. The van der Waals surface area contributed by atoms with Crippen molar-refractivity contribution in [3.8, 4) is 0 Å². The number of rotatable bonds is 1. The minimum atomic E-state index is -0.408. The van der Waals surface area contributed by atoms with E-state index in [0.29, 0.717) is 10.7 Å². The maximum Gasteiger partial charge on any atom is 0.140 e. The highest BCUT2D eigenvalue weighted by Crippen LogP contribution is 2.28. The van der Waals surface area contributed by atoms with Crippen molar-refractivity contribution in [3.63, 3.8) is 0 Å². The molecule has 0 saturated carbocycles. The molecule has 1 aromatic carbocycles. The van der Waals surface area contributed by atoms with Crippen LogP contribution in [0.2, 0.25) is 5.02 Å². The van der Waals surface area contributed by atoms with Gasteiger partial charge in [-0.05, 0) is 28.1 Å². The van der Waals surface area contributed by atoms with Crippen LogP contribution < -0.4 is 4.72 Å². The van der Waals surface area contributed by atoms with E-state index in [0.717, 1.165) is 0 Å². The zero-order valence-electron chi connectivity index (χ0n) is 5.24. The molecule has 0 fully saturated rings. The Morgan fingerprint density at radius 1 is 1.55 bits per heavy atom. The first-order valence-electron chi connectivity index (χ1n) is 2.70. The minimum absolute atomic E-state index is 0.270. The molecule has 1 aromatic rings. The first kappa shape index (κ1) is 9.16. The van der Waals surface area contributed by atoms with Crippen LogP contribution in [0.5, 0.6) is 0 Å². The van der Waals surface area contributed by atoms with Crippen molar-refractivity contribution in [1.82, 2.24) is 0 Å². The van der Waals surface area contributed by atoms with Gasteiger partial charge in [-0.3, -0.25) is 0 Å². The van der Waals surface area contributed by atoms with Crippen LogP contribution >= 0.6 is 40.3 Å². The summed E-state index contributed by atoms with van der Waals surface area (Å²) in [5, 5.41) is 0.321. The molecule has 0 unspecified atom stereocenters. The van der Waals surface area contributed by atoms with Crippen LogP contribution in [0.1, 0.15) is 0 Å². The third-order valence-corrected chi connectivity index (χ3v) is 2.70. The van der Waals surface area contributed by atoms with Crippen LogP contribution in [0.3, 0.4) is 0 Å². The molecule has 1 rings (SSSR count). The third kappa shape index (κ3) is 2.01. The van der Waals surface area contributed by atoms with Gasteiger partial charge in [0.1, 0.15) is 5.82 Å². The van der Waals surface area contributed by atoms with Gasteiger partial charge in [-0.2, -0.15) is 0 Å². The molecule has 0 spiro atoms. The Morgan fingerprint density at radius 3 is 2.64 bits per heavy atom. The molecule has 0 aliphatic heterocycles. The molecule has 0 radical (unpaired) electrons. The molecule has 0 aliphatic rings. The molecule has 60 valence electrons.